The summed E-state index contributed by atoms with van der Waals surface area (Å²) in [6.45, 7) is 4.42. The van der Waals surface area contributed by atoms with Crippen LogP contribution in [0.4, 0.5) is 10.7 Å². The number of nitrogens with one attached hydrogen (secondary N) is 1. The van der Waals surface area contributed by atoms with Crippen molar-refractivity contribution in [1.82, 2.24) is 5.32 Å². The summed E-state index contributed by atoms with van der Waals surface area (Å²) in [5, 5.41) is 3.76. The Morgan fingerprint density at radius 2 is 2.16 bits per heavy atom. The maximum atomic E-state index is 12.0. The molecule has 2 heterocycles. The Kier molecular flexibility index (Phi) is 4.81. The predicted molar refractivity (Wildman–Crippen MR) is 82.8 cm³/mol. The molecule has 0 unspecified atom stereocenters. The highest BCUT2D eigenvalue weighted by Crippen LogP contribution is 2.45. The van der Waals surface area contributed by atoms with Crippen molar-refractivity contribution in [3.05, 3.63) is 4.88 Å². The zero-order valence-corrected chi connectivity index (χ0v) is 12.8. The van der Waals surface area contributed by atoms with Gasteiger partial charge in [-0.25, -0.2) is 0 Å². The van der Waals surface area contributed by atoms with Gasteiger partial charge in [-0.2, -0.15) is 11.8 Å². The van der Waals surface area contributed by atoms with Crippen LogP contribution in [0.1, 0.15) is 16.6 Å². The topological polar surface area (TPSA) is 67.6 Å². The maximum absolute atomic E-state index is 12.0. The van der Waals surface area contributed by atoms with Crippen LogP contribution in [-0.4, -0.2) is 44.2 Å². The molecule has 19 heavy (non-hydrogen) atoms. The molecule has 3 N–H and O–H groups in total. The van der Waals surface area contributed by atoms with Gasteiger partial charge in [0.25, 0.3) is 5.91 Å². The smallest absolute Gasteiger partial charge is 0.263 e. The fourth-order valence-electron chi connectivity index (χ4n) is 2.00. The second-order valence-corrected chi connectivity index (χ2v) is 6.37. The summed E-state index contributed by atoms with van der Waals surface area (Å²) >= 11 is 3.36. The van der Waals surface area contributed by atoms with E-state index in [1.165, 1.54) is 11.3 Å². The van der Waals surface area contributed by atoms with E-state index < -0.39 is 0 Å². The van der Waals surface area contributed by atoms with Gasteiger partial charge in [0.2, 0.25) is 0 Å². The van der Waals surface area contributed by atoms with E-state index in [0.717, 1.165) is 29.6 Å². The van der Waals surface area contributed by atoms with Crippen LogP contribution in [-0.2, 0) is 0 Å². The largest absolute Gasteiger partial charge is 0.492 e. The molecule has 1 aromatic rings. The van der Waals surface area contributed by atoms with E-state index in [1.54, 1.807) is 7.11 Å². The molecule has 0 aromatic carbocycles. The van der Waals surface area contributed by atoms with Crippen LogP contribution in [0.2, 0.25) is 0 Å². The third-order valence-corrected chi connectivity index (χ3v) is 5.12. The van der Waals surface area contributed by atoms with Crippen LogP contribution in [0.5, 0.6) is 5.75 Å². The lowest BCUT2D eigenvalue weighted by molar-refractivity contribution is 0.0960. The summed E-state index contributed by atoms with van der Waals surface area (Å²) in [5.74, 6) is 2.70. The molecule has 0 atom stereocenters. The van der Waals surface area contributed by atoms with Crippen molar-refractivity contribution >= 4 is 39.7 Å². The summed E-state index contributed by atoms with van der Waals surface area (Å²) in [6.07, 6.45) is 0. The minimum Gasteiger partial charge on any atom is -0.492 e. The molecule has 1 fully saturated rings. The summed E-state index contributed by atoms with van der Waals surface area (Å²) in [4.78, 5) is 14.8. The second kappa shape index (κ2) is 6.38. The van der Waals surface area contributed by atoms with Crippen LogP contribution in [0.15, 0.2) is 0 Å². The van der Waals surface area contributed by atoms with Gasteiger partial charge in [-0.15, -0.1) is 11.3 Å². The summed E-state index contributed by atoms with van der Waals surface area (Å²) in [5.41, 5.74) is 6.50. The number of rotatable bonds is 4. The quantitative estimate of drug-likeness (QED) is 0.885. The monoisotopic (exact) mass is 301 g/mol. The number of hydrogen-bond donors (Lipinski definition) is 2. The van der Waals surface area contributed by atoms with Gasteiger partial charge in [0.15, 0.2) is 5.75 Å². The number of anilines is 2. The fraction of sp³-hybridized carbons (Fsp3) is 0.583. The van der Waals surface area contributed by atoms with Crippen LogP contribution in [0, 0.1) is 0 Å². The van der Waals surface area contributed by atoms with Gasteiger partial charge in [0, 0.05) is 31.1 Å². The summed E-state index contributed by atoms with van der Waals surface area (Å²) in [6, 6.07) is 0. The molecule has 1 aromatic heterocycles. The first kappa shape index (κ1) is 14.3. The van der Waals surface area contributed by atoms with Crippen LogP contribution in [0.25, 0.3) is 0 Å². The van der Waals surface area contributed by atoms with E-state index in [4.69, 9.17) is 10.5 Å². The van der Waals surface area contributed by atoms with Crippen LogP contribution >= 0.6 is 23.1 Å². The van der Waals surface area contributed by atoms with E-state index in [-0.39, 0.29) is 5.91 Å². The summed E-state index contributed by atoms with van der Waals surface area (Å²) in [7, 11) is 1.60. The Bertz CT molecular complexity index is 456. The van der Waals surface area contributed by atoms with Gasteiger partial charge in [-0.1, -0.05) is 0 Å². The Morgan fingerprint density at radius 1 is 1.47 bits per heavy atom. The second-order valence-electron chi connectivity index (χ2n) is 4.14. The third-order valence-electron chi connectivity index (χ3n) is 2.93. The number of hydrogen-bond acceptors (Lipinski definition) is 6. The lowest BCUT2D eigenvalue weighted by atomic mass is 10.3. The standard InChI is InChI=1S/C12H19N3O2S2/c1-3-14-11(16)10-8(13)9(17-2)12(19-10)15-4-6-18-7-5-15/h3-7,13H2,1-2H3,(H,14,16). The molecular weight excluding hydrogens is 282 g/mol. The number of amides is 1. The zero-order valence-electron chi connectivity index (χ0n) is 11.2. The van der Waals surface area contributed by atoms with Gasteiger partial charge < -0.3 is 20.7 Å². The van der Waals surface area contributed by atoms with Crippen molar-refractivity contribution < 1.29 is 9.53 Å². The number of nitrogens with two attached hydrogens (primary N) is 1. The van der Waals surface area contributed by atoms with Crippen molar-refractivity contribution in [2.45, 2.75) is 6.92 Å². The van der Waals surface area contributed by atoms with Crippen molar-refractivity contribution in [2.75, 3.05) is 48.9 Å². The van der Waals surface area contributed by atoms with Crippen molar-refractivity contribution in [3.8, 4) is 5.75 Å². The first-order valence-electron chi connectivity index (χ1n) is 6.26. The molecule has 0 saturated carbocycles. The van der Waals surface area contributed by atoms with Crippen molar-refractivity contribution in [3.63, 3.8) is 0 Å². The number of nitrogen functional groups attached to an aromatic ring is 1. The van der Waals surface area contributed by atoms with E-state index in [2.05, 4.69) is 10.2 Å². The van der Waals surface area contributed by atoms with Gasteiger partial charge in [-0.05, 0) is 6.92 Å². The molecule has 0 aliphatic carbocycles. The number of carbonyl (C=O) groups excluding carboxylic acids is 1. The molecule has 1 amide bonds. The van der Waals surface area contributed by atoms with Crippen LogP contribution in [0.3, 0.4) is 0 Å². The van der Waals surface area contributed by atoms with Crippen molar-refractivity contribution in [2.24, 2.45) is 0 Å². The predicted octanol–water partition coefficient (Wildman–Crippen LogP) is 1.64. The number of methoxy groups -OCH3 is 1. The average Bonchev–Trinajstić information content (AvgIpc) is 2.77. The van der Waals surface area contributed by atoms with Gasteiger partial charge in [-0.3, -0.25) is 4.79 Å². The molecule has 5 nitrogen and oxygen atoms in total. The Balaban J connectivity index is 2.32. The van der Waals surface area contributed by atoms with E-state index >= 15 is 0 Å². The highest BCUT2D eigenvalue weighted by molar-refractivity contribution is 7.99. The Hall–Kier alpha value is -1.08. The number of thioether (sulfide) groups is 1. The Labute approximate surface area is 121 Å². The maximum Gasteiger partial charge on any atom is 0.263 e. The number of nitrogens with zero attached hydrogens (tertiary/aromatic N) is 1. The molecule has 7 heteroatoms. The minimum absolute atomic E-state index is 0.124. The third kappa shape index (κ3) is 2.92. The normalized spacial score (nSPS) is 15.4. The molecule has 1 aliphatic heterocycles. The van der Waals surface area contributed by atoms with Crippen molar-refractivity contribution in [1.29, 1.82) is 0 Å². The lowest BCUT2D eigenvalue weighted by Crippen LogP contribution is -2.32. The molecule has 1 aliphatic rings. The average molecular weight is 301 g/mol. The van der Waals surface area contributed by atoms with E-state index in [1.807, 2.05) is 18.7 Å². The minimum atomic E-state index is -0.124. The molecular formula is C12H19N3O2S2. The lowest BCUT2D eigenvalue weighted by Gasteiger charge is -2.27. The number of carbonyl (C=O) groups is 1. The van der Waals surface area contributed by atoms with Crippen LogP contribution < -0.4 is 20.7 Å². The number of thiophene rings is 1. The highest BCUT2D eigenvalue weighted by atomic mass is 32.2. The molecule has 2 rings (SSSR count). The van der Waals surface area contributed by atoms with Gasteiger partial charge >= 0.3 is 0 Å². The number of ether oxygens (including phenoxy) is 1. The van der Waals surface area contributed by atoms with E-state index in [9.17, 15) is 4.79 Å². The molecule has 0 radical (unpaired) electrons. The molecule has 1 saturated heterocycles. The Morgan fingerprint density at radius 3 is 2.74 bits per heavy atom. The molecule has 106 valence electrons. The SMILES string of the molecule is CCNC(=O)c1sc(N2CCSCC2)c(OC)c1N. The first-order valence-corrected chi connectivity index (χ1v) is 8.23. The molecule has 0 spiro atoms. The first-order chi connectivity index (χ1) is 9.19. The van der Waals surface area contributed by atoms with Gasteiger partial charge in [0.05, 0.1) is 7.11 Å². The summed E-state index contributed by atoms with van der Waals surface area (Å²) < 4.78 is 5.40. The zero-order chi connectivity index (χ0) is 13.8. The molecule has 0 bridgehead atoms. The van der Waals surface area contributed by atoms with Gasteiger partial charge in [0.1, 0.15) is 15.6 Å². The fourth-order valence-corrected chi connectivity index (χ4v) is 4.06. The van der Waals surface area contributed by atoms with E-state index in [0.29, 0.717) is 22.9 Å². The highest BCUT2D eigenvalue weighted by Gasteiger charge is 2.25.